The van der Waals surface area contributed by atoms with Gasteiger partial charge in [-0.25, -0.2) is 4.98 Å². The SMILES string of the molecule is Cc1nc(N2CCOCC2)[nH]c(=O)c1CCC(=O)Nc1ccc(=O)n(Cc2ccccc2Cl)c1. The quantitative estimate of drug-likeness (QED) is 0.534. The number of carbonyl (C=O) groups is 1. The Hall–Kier alpha value is -3.43. The van der Waals surface area contributed by atoms with Crippen molar-refractivity contribution in [3.8, 4) is 0 Å². The van der Waals surface area contributed by atoms with E-state index in [0.29, 0.717) is 54.2 Å². The Morgan fingerprint density at radius 1 is 1.18 bits per heavy atom. The maximum absolute atomic E-state index is 12.6. The van der Waals surface area contributed by atoms with Crippen molar-refractivity contribution < 1.29 is 9.53 Å². The van der Waals surface area contributed by atoms with E-state index >= 15 is 0 Å². The van der Waals surface area contributed by atoms with Crippen molar-refractivity contribution in [3.63, 3.8) is 0 Å². The fourth-order valence-electron chi connectivity index (χ4n) is 3.82. The van der Waals surface area contributed by atoms with Crippen molar-refractivity contribution in [2.75, 3.05) is 36.5 Å². The third-order valence-corrected chi connectivity index (χ3v) is 6.06. The molecule has 3 heterocycles. The molecule has 1 amide bonds. The van der Waals surface area contributed by atoms with Crippen LogP contribution in [0.4, 0.5) is 11.6 Å². The van der Waals surface area contributed by atoms with Crippen LogP contribution in [-0.4, -0.2) is 46.7 Å². The molecule has 1 aromatic carbocycles. The van der Waals surface area contributed by atoms with Crippen molar-refractivity contribution in [1.82, 2.24) is 14.5 Å². The summed E-state index contributed by atoms with van der Waals surface area (Å²) in [5, 5.41) is 3.36. The number of ether oxygens (including phenoxy) is 1. The molecule has 1 aliphatic rings. The molecule has 0 saturated carbocycles. The molecule has 0 unspecified atom stereocenters. The average Bonchev–Trinajstić information content (AvgIpc) is 2.82. The van der Waals surface area contributed by atoms with Crippen molar-refractivity contribution in [3.05, 3.63) is 85.1 Å². The molecule has 2 N–H and O–H groups in total. The highest BCUT2D eigenvalue weighted by molar-refractivity contribution is 6.31. The zero-order valence-electron chi connectivity index (χ0n) is 18.8. The highest BCUT2D eigenvalue weighted by Gasteiger charge is 2.17. The monoisotopic (exact) mass is 483 g/mol. The Morgan fingerprint density at radius 3 is 2.68 bits per heavy atom. The molecule has 10 heteroatoms. The van der Waals surface area contributed by atoms with Gasteiger partial charge in [-0.15, -0.1) is 0 Å². The van der Waals surface area contributed by atoms with Crippen LogP contribution >= 0.6 is 11.6 Å². The molecule has 0 aliphatic carbocycles. The number of aromatic amines is 1. The summed E-state index contributed by atoms with van der Waals surface area (Å²) >= 11 is 6.20. The van der Waals surface area contributed by atoms with Crippen LogP contribution in [0.15, 0.2) is 52.2 Å². The molecule has 1 fully saturated rings. The molecule has 0 radical (unpaired) electrons. The van der Waals surface area contributed by atoms with Gasteiger partial charge in [0.1, 0.15) is 0 Å². The lowest BCUT2D eigenvalue weighted by atomic mass is 10.1. The largest absolute Gasteiger partial charge is 0.378 e. The molecule has 0 spiro atoms. The van der Waals surface area contributed by atoms with E-state index < -0.39 is 0 Å². The number of nitrogens with one attached hydrogen (secondary N) is 2. The molecule has 34 heavy (non-hydrogen) atoms. The summed E-state index contributed by atoms with van der Waals surface area (Å²) < 4.78 is 6.82. The molecule has 1 saturated heterocycles. The molecule has 2 aromatic heterocycles. The number of morpholine rings is 1. The second-order valence-electron chi connectivity index (χ2n) is 8.08. The van der Waals surface area contributed by atoms with Gasteiger partial charge in [0.2, 0.25) is 11.9 Å². The maximum Gasteiger partial charge on any atom is 0.255 e. The van der Waals surface area contributed by atoms with Crippen molar-refractivity contribution in [1.29, 1.82) is 0 Å². The number of H-pyrrole nitrogens is 1. The summed E-state index contributed by atoms with van der Waals surface area (Å²) in [6.07, 6.45) is 1.94. The Bertz CT molecular complexity index is 1300. The van der Waals surface area contributed by atoms with E-state index in [1.54, 1.807) is 25.3 Å². The van der Waals surface area contributed by atoms with E-state index in [2.05, 4.69) is 15.3 Å². The van der Waals surface area contributed by atoms with Crippen LogP contribution in [0.3, 0.4) is 0 Å². The lowest BCUT2D eigenvalue weighted by Gasteiger charge is -2.27. The third-order valence-electron chi connectivity index (χ3n) is 5.69. The van der Waals surface area contributed by atoms with Gasteiger partial charge in [-0.1, -0.05) is 29.8 Å². The van der Waals surface area contributed by atoms with Gasteiger partial charge in [-0.2, -0.15) is 0 Å². The van der Waals surface area contributed by atoms with Crippen LogP contribution in [-0.2, 0) is 22.5 Å². The summed E-state index contributed by atoms with van der Waals surface area (Å²) in [5.74, 6) is 0.263. The van der Waals surface area contributed by atoms with Gasteiger partial charge in [0.15, 0.2) is 0 Å². The lowest BCUT2D eigenvalue weighted by Crippen LogP contribution is -2.38. The number of anilines is 2. The zero-order valence-corrected chi connectivity index (χ0v) is 19.6. The Kier molecular flexibility index (Phi) is 7.44. The van der Waals surface area contributed by atoms with E-state index in [9.17, 15) is 14.4 Å². The first-order valence-electron chi connectivity index (χ1n) is 11.1. The molecule has 0 atom stereocenters. The Labute approximate surface area is 201 Å². The molecule has 3 aromatic rings. The van der Waals surface area contributed by atoms with Gasteiger partial charge in [0.25, 0.3) is 11.1 Å². The van der Waals surface area contributed by atoms with Crippen LogP contribution in [0.1, 0.15) is 23.2 Å². The number of hydrogen-bond donors (Lipinski definition) is 2. The van der Waals surface area contributed by atoms with E-state index in [4.69, 9.17) is 16.3 Å². The molecule has 178 valence electrons. The van der Waals surface area contributed by atoms with Crippen molar-refractivity contribution in [2.45, 2.75) is 26.3 Å². The number of pyridine rings is 1. The lowest BCUT2D eigenvalue weighted by molar-refractivity contribution is -0.116. The highest BCUT2D eigenvalue weighted by Crippen LogP contribution is 2.16. The third kappa shape index (κ3) is 5.73. The van der Waals surface area contributed by atoms with Crippen LogP contribution < -0.4 is 21.3 Å². The van der Waals surface area contributed by atoms with Gasteiger partial charge in [-0.3, -0.25) is 19.4 Å². The summed E-state index contributed by atoms with van der Waals surface area (Å²) in [5.41, 5.74) is 1.93. The fraction of sp³-hybridized carbons (Fsp3) is 0.333. The standard InChI is InChI=1S/C24H26ClN5O4/c1-16-19(23(33)28-24(26-16)29-10-12-34-13-11-29)7-8-21(31)27-18-6-9-22(32)30(15-18)14-17-4-2-3-5-20(17)25/h2-6,9,15H,7-8,10-14H2,1H3,(H,27,31)(H,26,28,33). The Morgan fingerprint density at radius 2 is 1.94 bits per heavy atom. The minimum atomic E-state index is -0.265. The molecule has 4 rings (SSSR count). The summed E-state index contributed by atoms with van der Waals surface area (Å²) in [6, 6.07) is 10.2. The molecule has 0 bridgehead atoms. The molecular weight excluding hydrogens is 458 g/mol. The first-order valence-corrected chi connectivity index (χ1v) is 11.4. The highest BCUT2D eigenvalue weighted by atomic mass is 35.5. The molecular formula is C24H26ClN5O4. The minimum absolute atomic E-state index is 0.103. The van der Waals surface area contributed by atoms with Gasteiger partial charge in [-0.05, 0) is 31.0 Å². The second-order valence-corrected chi connectivity index (χ2v) is 8.48. The number of carbonyl (C=O) groups excluding carboxylic acids is 1. The van der Waals surface area contributed by atoms with Gasteiger partial charge in [0, 0.05) is 48.1 Å². The van der Waals surface area contributed by atoms with Crippen molar-refractivity contribution >= 4 is 29.1 Å². The first kappa shape index (κ1) is 23.7. The van der Waals surface area contributed by atoms with E-state index in [-0.39, 0.29) is 36.4 Å². The van der Waals surface area contributed by atoms with Crippen molar-refractivity contribution in [2.24, 2.45) is 0 Å². The van der Waals surface area contributed by atoms with Crippen LogP contribution in [0.25, 0.3) is 0 Å². The average molecular weight is 484 g/mol. The topological polar surface area (TPSA) is 109 Å². The smallest absolute Gasteiger partial charge is 0.255 e. The van der Waals surface area contributed by atoms with Gasteiger partial charge in [0.05, 0.1) is 25.4 Å². The zero-order chi connectivity index (χ0) is 24.1. The number of hydrogen-bond acceptors (Lipinski definition) is 6. The van der Waals surface area contributed by atoms with Crippen LogP contribution in [0.5, 0.6) is 0 Å². The second kappa shape index (κ2) is 10.7. The van der Waals surface area contributed by atoms with Gasteiger partial charge >= 0.3 is 0 Å². The number of aromatic nitrogens is 3. The number of amides is 1. The fourth-order valence-corrected chi connectivity index (χ4v) is 4.01. The predicted octanol–water partition coefficient (Wildman–Crippen LogP) is 2.35. The van der Waals surface area contributed by atoms with E-state index in [0.717, 1.165) is 5.56 Å². The molecule has 9 nitrogen and oxygen atoms in total. The summed E-state index contributed by atoms with van der Waals surface area (Å²) in [4.78, 5) is 46.8. The number of rotatable bonds is 7. The van der Waals surface area contributed by atoms with E-state index in [1.165, 1.54) is 10.6 Å². The van der Waals surface area contributed by atoms with E-state index in [1.807, 2.05) is 23.1 Å². The normalized spacial score (nSPS) is 13.6. The maximum atomic E-state index is 12.6. The first-order chi connectivity index (χ1) is 16.4. The van der Waals surface area contributed by atoms with Crippen LogP contribution in [0.2, 0.25) is 5.02 Å². The Balaban J connectivity index is 1.40. The van der Waals surface area contributed by atoms with Crippen LogP contribution in [0, 0.1) is 6.92 Å². The van der Waals surface area contributed by atoms with Gasteiger partial charge < -0.3 is 19.5 Å². The number of benzene rings is 1. The summed E-state index contributed by atoms with van der Waals surface area (Å²) in [6.45, 7) is 4.59. The number of nitrogens with zero attached hydrogens (tertiary/aromatic N) is 3. The summed E-state index contributed by atoms with van der Waals surface area (Å²) in [7, 11) is 0. The predicted molar refractivity (Wildman–Crippen MR) is 131 cm³/mol. The molecule has 1 aliphatic heterocycles. The number of halogens is 1. The minimum Gasteiger partial charge on any atom is -0.378 e. The number of aryl methyl sites for hydroxylation is 1.